The quantitative estimate of drug-likeness (QED) is 0.352. The number of nitrogens with zero attached hydrogens (tertiary/aromatic N) is 4. The number of anilines is 1. The van der Waals surface area contributed by atoms with Gasteiger partial charge in [0.15, 0.2) is 0 Å². The number of hydrogen-bond donors (Lipinski definition) is 0. The molecule has 0 aliphatic carbocycles. The molecule has 1 saturated heterocycles. The summed E-state index contributed by atoms with van der Waals surface area (Å²) in [6.45, 7) is 0.542. The number of azide groups is 1. The first kappa shape index (κ1) is 11.8. The zero-order valence-corrected chi connectivity index (χ0v) is 9.84. The lowest BCUT2D eigenvalue weighted by Crippen LogP contribution is -2.37. The monoisotopic (exact) mass is 250 g/mol. The predicted octanol–water partition coefficient (Wildman–Crippen LogP) is 2.71. The van der Waals surface area contributed by atoms with E-state index in [1.807, 2.05) is 30.3 Å². The number of amides is 1. The topological polar surface area (TPSA) is 69.1 Å². The summed E-state index contributed by atoms with van der Waals surface area (Å²) in [6.07, 6.45) is 0.487. The van der Waals surface area contributed by atoms with Gasteiger partial charge in [-0.3, -0.25) is 4.79 Å². The van der Waals surface area contributed by atoms with Gasteiger partial charge in [0.25, 0.3) is 0 Å². The second kappa shape index (κ2) is 4.65. The number of para-hydroxylation sites is 1. The van der Waals surface area contributed by atoms with E-state index in [1.54, 1.807) is 4.90 Å². The van der Waals surface area contributed by atoms with Crippen molar-refractivity contribution in [2.24, 2.45) is 5.11 Å². The molecule has 1 heterocycles. The maximum Gasteiger partial charge on any atom is 0.248 e. The molecule has 88 valence electrons. The number of benzene rings is 1. The number of hydrogen-bond acceptors (Lipinski definition) is 2. The Bertz CT molecular complexity index is 472. The van der Waals surface area contributed by atoms with Crippen LogP contribution in [-0.2, 0) is 4.79 Å². The van der Waals surface area contributed by atoms with Crippen LogP contribution in [0.5, 0.6) is 0 Å². The van der Waals surface area contributed by atoms with E-state index in [0.29, 0.717) is 13.0 Å². The van der Waals surface area contributed by atoms with Crippen molar-refractivity contribution in [2.75, 3.05) is 18.0 Å². The van der Waals surface area contributed by atoms with Gasteiger partial charge in [0, 0.05) is 17.1 Å². The van der Waals surface area contributed by atoms with Crippen LogP contribution in [0.15, 0.2) is 35.4 Å². The van der Waals surface area contributed by atoms with Gasteiger partial charge in [-0.1, -0.05) is 23.3 Å². The fraction of sp³-hybridized carbons (Fsp3) is 0.364. The zero-order chi connectivity index (χ0) is 12.3. The highest BCUT2D eigenvalue weighted by molar-refractivity contribution is 6.38. The Morgan fingerprint density at radius 2 is 2.18 bits per heavy atom. The highest BCUT2D eigenvalue weighted by atomic mass is 35.5. The Morgan fingerprint density at radius 1 is 1.47 bits per heavy atom. The summed E-state index contributed by atoms with van der Waals surface area (Å²) in [5.41, 5.74) is 9.11. The van der Waals surface area contributed by atoms with E-state index < -0.39 is 4.87 Å². The molecule has 0 aromatic heterocycles. The molecule has 2 rings (SSSR count). The SMILES string of the molecule is [N-]=[N+]=NCC1(Cl)CCN(c2ccccc2)C1=O. The molecule has 0 spiro atoms. The molecule has 1 aliphatic heterocycles. The van der Waals surface area contributed by atoms with Crippen LogP contribution in [-0.4, -0.2) is 23.9 Å². The zero-order valence-electron chi connectivity index (χ0n) is 9.08. The first-order chi connectivity index (χ1) is 8.17. The maximum atomic E-state index is 12.1. The van der Waals surface area contributed by atoms with Gasteiger partial charge in [0.1, 0.15) is 4.87 Å². The van der Waals surface area contributed by atoms with E-state index in [9.17, 15) is 4.79 Å². The second-order valence-corrected chi connectivity index (χ2v) is 4.62. The highest BCUT2D eigenvalue weighted by Crippen LogP contribution is 2.33. The van der Waals surface area contributed by atoms with Gasteiger partial charge in [0.05, 0.1) is 6.54 Å². The predicted molar refractivity (Wildman–Crippen MR) is 66.0 cm³/mol. The van der Waals surface area contributed by atoms with Crippen molar-refractivity contribution < 1.29 is 4.79 Å². The summed E-state index contributed by atoms with van der Waals surface area (Å²) in [6, 6.07) is 9.33. The van der Waals surface area contributed by atoms with E-state index in [0.717, 1.165) is 5.69 Å². The molecule has 0 bridgehead atoms. The summed E-state index contributed by atoms with van der Waals surface area (Å²) in [7, 11) is 0. The minimum atomic E-state index is -1.08. The second-order valence-electron chi connectivity index (χ2n) is 3.90. The van der Waals surface area contributed by atoms with Crippen molar-refractivity contribution in [3.63, 3.8) is 0 Å². The molecule has 6 heteroatoms. The molecule has 5 nitrogen and oxygen atoms in total. The van der Waals surface area contributed by atoms with Crippen molar-refractivity contribution in [1.82, 2.24) is 0 Å². The van der Waals surface area contributed by atoms with Crippen LogP contribution in [0.25, 0.3) is 10.4 Å². The number of alkyl halides is 1. The summed E-state index contributed by atoms with van der Waals surface area (Å²) in [5, 5.41) is 3.41. The van der Waals surface area contributed by atoms with Gasteiger partial charge in [-0.05, 0) is 24.1 Å². The van der Waals surface area contributed by atoms with Crippen molar-refractivity contribution in [3.8, 4) is 0 Å². The van der Waals surface area contributed by atoms with Crippen LogP contribution in [0.4, 0.5) is 5.69 Å². The molecule has 1 atom stereocenters. The Balaban J connectivity index is 2.21. The van der Waals surface area contributed by atoms with Crippen LogP contribution < -0.4 is 4.90 Å². The molecular formula is C11H11ClN4O. The van der Waals surface area contributed by atoms with Gasteiger partial charge in [0.2, 0.25) is 5.91 Å². The van der Waals surface area contributed by atoms with E-state index in [4.69, 9.17) is 17.1 Å². The Morgan fingerprint density at radius 3 is 2.82 bits per heavy atom. The van der Waals surface area contributed by atoms with Crippen molar-refractivity contribution in [1.29, 1.82) is 0 Å². The first-order valence-corrected chi connectivity index (χ1v) is 5.62. The summed E-state index contributed by atoms with van der Waals surface area (Å²) >= 11 is 6.19. The maximum absolute atomic E-state index is 12.1. The van der Waals surface area contributed by atoms with Gasteiger partial charge in [-0.2, -0.15) is 0 Å². The fourth-order valence-electron chi connectivity index (χ4n) is 1.88. The van der Waals surface area contributed by atoms with E-state index in [2.05, 4.69) is 10.0 Å². The summed E-state index contributed by atoms with van der Waals surface area (Å²) in [4.78, 5) is 15.3. The molecule has 17 heavy (non-hydrogen) atoms. The molecule has 1 unspecified atom stereocenters. The average Bonchev–Trinajstić information content (AvgIpc) is 2.66. The molecule has 1 aromatic rings. The van der Waals surface area contributed by atoms with Gasteiger partial charge >= 0.3 is 0 Å². The molecule has 0 N–H and O–H groups in total. The number of carbonyl (C=O) groups excluding carboxylic acids is 1. The summed E-state index contributed by atoms with van der Waals surface area (Å²) in [5.74, 6) is -0.197. The molecule has 0 radical (unpaired) electrons. The third-order valence-electron chi connectivity index (χ3n) is 2.81. The Hall–Kier alpha value is -1.71. The fourth-order valence-corrected chi connectivity index (χ4v) is 2.12. The van der Waals surface area contributed by atoms with Crippen molar-refractivity contribution in [2.45, 2.75) is 11.3 Å². The summed E-state index contributed by atoms with van der Waals surface area (Å²) < 4.78 is 0. The molecule has 1 aromatic carbocycles. The van der Waals surface area contributed by atoms with E-state index in [1.165, 1.54) is 0 Å². The van der Waals surface area contributed by atoms with Crippen molar-refractivity contribution >= 4 is 23.2 Å². The molecule has 1 aliphatic rings. The third-order valence-corrected chi connectivity index (χ3v) is 3.28. The first-order valence-electron chi connectivity index (χ1n) is 5.24. The average molecular weight is 251 g/mol. The molecule has 1 amide bonds. The van der Waals surface area contributed by atoms with E-state index in [-0.39, 0.29) is 12.5 Å². The van der Waals surface area contributed by atoms with Crippen LogP contribution in [0.1, 0.15) is 6.42 Å². The highest BCUT2D eigenvalue weighted by Gasteiger charge is 2.45. The van der Waals surface area contributed by atoms with Gasteiger partial charge in [-0.25, -0.2) is 0 Å². The Labute approximate surface area is 104 Å². The molecular weight excluding hydrogens is 240 g/mol. The standard InChI is InChI=1S/C11H11ClN4O/c12-11(8-14-15-13)6-7-16(10(11)17)9-4-2-1-3-5-9/h1-5H,6-8H2. The van der Waals surface area contributed by atoms with Gasteiger partial charge < -0.3 is 4.90 Å². The molecule has 0 saturated carbocycles. The van der Waals surface area contributed by atoms with Crippen LogP contribution >= 0.6 is 11.6 Å². The van der Waals surface area contributed by atoms with Crippen LogP contribution in [0, 0.1) is 0 Å². The lowest BCUT2D eigenvalue weighted by atomic mass is 10.1. The smallest absolute Gasteiger partial charge is 0.248 e. The van der Waals surface area contributed by atoms with E-state index >= 15 is 0 Å². The Kier molecular flexibility index (Phi) is 3.22. The minimum Gasteiger partial charge on any atom is -0.311 e. The normalized spacial score (nSPS) is 23.6. The minimum absolute atomic E-state index is 0.00672. The number of halogens is 1. The number of rotatable bonds is 3. The van der Waals surface area contributed by atoms with Crippen LogP contribution in [0.2, 0.25) is 0 Å². The lowest BCUT2D eigenvalue weighted by Gasteiger charge is -2.19. The van der Waals surface area contributed by atoms with Crippen LogP contribution in [0.3, 0.4) is 0 Å². The van der Waals surface area contributed by atoms with Crippen molar-refractivity contribution in [3.05, 3.63) is 40.8 Å². The number of carbonyl (C=O) groups is 1. The molecule has 1 fully saturated rings. The largest absolute Gasteiger partial charge is 0.311 e. The van der Waals surface area contributed by atoms with Gasteiger partial charge in [-0.15, -0.1) is 11.6 Å². The third kappa shape index (κ3) is 2.20. The lowest BCUT2D eigenvalue weighted by molar-refractivity contribution is -0.119.